The summed E-state index contributed by atoms with van der Waals surface area (Å²) < 4.78 is 23.3. The van der Waals surface area contributed by atoms with Crippen LogP contribution in [0.5, 0.6) is 0 Å². The van der Waals surface area contributed by atoms with Crippen LogP contribution < -0.4 is 4.90 Å². The second-order valence-corrected chi connectivity index (χ2v) is 8.68. The molecule has 0 aliphatic heterocycles. The molecule has 1 aromatic heterocycles. The number of nitrogens with zero attached hydrogens (tertiary/aromatic N) is 1. The van der Waals surface area contributed by atoms with Gasteiger partial charge in [0, 0.05) is 35.1 Å². The van der Waals surface area contributed by atoms with Crippen LogP contribution in [0.25, 0.3) is 10.9 Å². The summed E-state index contributed by atoms with van der Waals surface area (Å²) in [6.07, 6.45) is 3.31. The Hall–Kier alpha value is -2.60. The maximum Gasteiger partial charge on any atom is 0.231 e. The Morgan fingerprint density at radius 1 is 1.08 bits per heavy atom. The Bertz CT molecular complexity index is 1030. The van der Waals surface area contributed by atoms with Gasteiger partial charge in [0.25, 0.3) is 0 Å². The number of sulfone groups is 1. The first kappa shape index (κ1) is 18.2. The molecule has 1 N–H and O–H groups in total. The molecule has 0 fully saturated rings. The van der Waals surface area contributed by atoms with Crippen LogP contribution in [-0.2, 0) is 21.1 Å². The van der Waals surface area contributed by atoms with Crippen molar-refractivity contribution in [3.8, 4) is 0 Å². The fourth-order valence-electron chi connectivity index (χ4n) is 3.11. The fourth-order valence-corrected chi connectivity index (χ4v) is 3.74. The molecule has 0 spiro atoms. The van der Waals surface area contributed by atoms with E-state index in [0.29, 0.717) is 5.69 Å². The molecular weight excluding hydrogens is 348 g/mol. The minimum Gasteiger partial charge on any atom is -0.361 e. The molecule has 1 amide bonds. The van der Waals surface area contributed by atoms with E-state index in [9.17, 15) is 13.2 Å². The third-order valence-electron chi connectivity index (χ3n) is 4.34. The van der Waals surface area contributed by atoms with E-state index in [4.69, 9.17) is 0 Å². The van der Waals surface area contributed by atoms with Crippen molar-refractivity contribution in [3.63, 3.8) is 0 Å². The number of H-pyrrole nitrogens is 1. The van der Waals surface area contributed by atoms with E-state index in [0.717, 1.165) is 16.5 Å². The van der Waals surface area contributed by atoms with Gasteiger partial charge in [-0.25, -0.2) is 8.42 Å². The largest absolute Gasteiger partial charge is 0.361 e. The van der Waals surface area contributed by atoms with E-state index in [1.165, 1.54) is 6.26 Å². The van der Waals surface area contributed by atoms with Crippen molar-refractivity contribution in [3.05, 3.63) is 60.3 Å². The quantitative estimate of drug-likeness (QED) is 0.746. The number of amides is 1. The summed E-state index contributed by atoms with van der Waals surface area (Å²) in [6, 6.07) is 14.3. The molecule has 0 unspecified atom stereocenters. The summed E-state index contributed by atoms with van der Waals surface area (Å²) in [5.74, 6) is -0.0307. The van der Waals surface area contributed by atoms with Gasteiger partial charge in [-0.1, -0.05) is 18.2 Å². The zero-order chi connectivity index (χ0) is 18.9. The van der Waals surface area contributed by atoms with Crippen molar-refractivity contribution < 1.29 is 13.2 Å². The zero-order valence-corrected chi connectivity index (χ0v) is 15.9. The van der Waals surface area contributed by atoms with Crippen LogP contribution in [0.15, 0.2) is 59.6 Å². The molecule has 0 atom stereocenters. The molecule has 0 bridgehead atoms. The standard InChI is InChI=1S/C20H22N2O3S/c1-14(2)22(16-8-10-17(11-9-16)26(3,24)25)20(23)12-15-13-21-19-7-5-4-6-18(15)19/h4-11,13-14,21H,12H2,1-3H3. The highest BCUT2D eigenvalue weighted by Crippen LogP contribution is 2.23. The first-order valence-electron chi connectivity index (χ1n) is 8.44. The molecule has 3 aromatic rings. The number of aromatic amines is 1. The van der Waals surface area contributed by atoms with Crippen molar-refractivity contribution in [1.29, 1.82) is 0 Å². The first-order valence-corrected chi connectivity index (χ1v) is 10.3. The van der Waals surface area contributed by atoms with Crippen molar-refractivity contribution >= 4 is 32.3 Å². The lowest BCUT2D eigenvalue weighted by Crippen LogP contribution is -2.38. The lowest BCUT2D eigenvalue weighted by atomic mass is 10.1. The summed E-state index contributed by atoms with van der Waals surface area (Å²) in [7, 11) is -3.26. The minimum absolute atomic E-state index is 0.0307. The second-order valence-electron chi connectivity index (χ2n) is 6.66. The smallest absolute Gasteiger partial charge is 0.231 e. The summed E-state index contributed by atoms with van der Waals surface area (Å²) in [4.78, 5) is 18.1. The molecule has 2 aromatic carbocycles. The third kappa shape index (κ3) is 3.65. The van der Waals surface area contributed by atoms with Crippen LogP contribution >= 0.6 is 0 Å². The normalized spacial score (nSPS) is 11.8. The van der Waals surface area contributed by atoms with Gasteiger partial charge < -0.3 is 9.88 Å². The number of carbonyl (C=O) groups excluding carboxylic acids is 1. The van der Waals surface area contributed by atoms with E-state index in [-0.39, 0.29) is 23.3 Å². The van der Waals surface area contributed by atoms with E-state index in [2.05, 4.69) is 4.98 Å². The Morgan fingerprint density at radius 3 is 2.35 bits per heavy atom. The molecule has 0 aliphatic carbocycles. The Morgan fingerprint density at radius 2 is 1.73 bits per heavy atom. The number of hydrogen-bond donors (Lipinski definition) is 1. The fraction of sp³-hybridized carbons (Fsp3) is 0.250. The van der Waals surface area contributed by atoms with E-state index in [1.54, 1.807) is 29.2 Å². The number of aromatic nitrogens is 1. The lowest BCUT2D eigenvalue weighted by molar-refractivity contribution is -0.118. The molecule has 0 aliphatic rings. The Kier molecular flexibility index (Phi) is 4.87. The van der Waals surface area contributed by atoms with Gasteiger partial charge in [-0.2, -0.15) is 0 Å². The van der Waals surface area contributed by atoms with Crippen LogP contribution in [0.1, 0.15) is 19.4 Å². The average Bonchev–Trinajstić information content (AvgIpc) is 2.97. The summed E-state index contributed by atoms with van der Waals surface area (Å²) in [5.41, 5.74) is 2.64. The Labute approximate surface area is 153 Å². The van der Waals surface area contributed by atoms with Crippen molar-refractivity contribution in [2.45, 2.75) is 31.2 Å². The highest BCUT2D eigenvalue weighted by atomic mass is 32.2. The molecular formula is C20H22N2O3S. The average molecular weight is 370 g/mol. The Balaban J connectivity index is 1.89. The molecule has 6 heteroatoms. The molecule has 0 radical (unpaired) electrons. The predicted molar refractivity (Wildman–Crippen MR) is 104 cm³/mol. The number of nitrogens with one attached hydrogen (secondary N) is 1. The van der Waals surface area contributed by atoms with Crippen LogP contribution in [0, 0.1) is 0 Å². The molecule has 1 heterocycles. The highest BCUT2D eigenvalue weighted by molar-refractivity contribution is 7.90. The third-order valence-corrected chi connectivity index (χ3v) is 5.47. The summed E-state index contributed by atoms with van der Waals surface area (Å²) in [5, 5.41) is 1.04. The number of rotatable bonds is 5. The number of benzene rings is 2. The van der Waals surface area contributed by atoms with Gasteiger partial charge in [0.05, 0.1) is 11.3 Å². The molecule has 26 heavy (non-hydrogen) atoms. The van der Waals surface area contributed by atoms with Crippen LogP contribution in [0.3, 0.4) is 0 Å². The molecule has 136 valence electrons. The van der Waals surface area contributed by atoms with Gasteiger partial charge in [-0.3, -0.25) is 4.79 Å². The topological polar surface area (TPSA) is 70.2 Å². The van der Waals surface area contributed by atoms with Crippen molar-refractivity contribution in [1.82, 2.24) is 4.98 Å². The number of carbonyl (C=O) groups is 1. The van der Waals surface area contributed by atoms with Crippen molar-refractivity contribution in [2.24, 2.45) is 0 Å². The number of hydrogen-bond acceptors (Lipinski definition) is 3. The second kappa shape index (κ2) is 6.96. The van der Waals surface area contributed by atoms with Gasteiger partial charge >= 0.3 is 0 Å². The number of anilines is 1. The van der Waals surface area contributed by atoms with Crippen LogP contribution in [-0.4, -0.2) is 31.6 Å². The van der Waals surface area contributed by atoms with Crippen LogP contribution in [0.4, 0.5) is 5.69 Å². The number of para-hydroxylation sites is 1. The first-order chi connectivity index (χ1) is 12.3. The maximum absolute atomic E-state index is 13.0. The van der Waals surface area contributed by atoms with E-state index >= 15 is 0 Å². The van der Waals surface area contributed by atoms with E-state index in [1.807, 2.05) is 44.3 Å². The molecule has 3 rings (SSSR count). The molecule has 5 nitrogen and oxygen atoms in total. The van der Waals surface area contributed by atoms with Crippen LogP contribution in [0.2, 0.25) is 0 Å². The molecule has 0 saturated heterocycles. The SMILES string of the molecule is CC(C)N(C(=O)Cc1c[nH]c2ccccc12)c1ccc(S(C)(=O)=O)cc1. The highest BCUT2D eigenvalue weighted by Gasteiger charge is 2.21. The van der Waals surface area contributed by atoms with Gasteiger partial charge in [0.2, 0.25) is 5.91 Å². The van der Waals surface area contributed by atoms with Gasteiger partial charge in [-0.15, -0.1) is 0 Å². The molecule has 0 saturated carbocycles. The van der Waals surface area contributed by atoms with Gasteiger partial charge in [0.1, 0.15) is 0 Å². The minimum atomic E-state index is -3.26. The summed E-state index contributed by atoms with van der Waals surface area (Å²) in [6.45, 7) is 3.88. The monoisotopic (exact) mass is 370 g/mol. The van der Waals surface area contributed by atoms with E-state index < -0.39 is 9.84 Å². The van der Waals surface area contributed by atoms with Gasteiger partial charge in [-0.05, 0) is 49.7 Å². The zero-order valence-electron chi connectivity index (χ0n) is 15.1. The van der Waals surface area contributed by atoms with Gasteiger partial charge in [0.15, 0.2) is 9.84 Å². The van der Waals surface area contributed by atoms with Crippen molar-refractivity contribution in [2.75, 3.05) is 11.2 Å². The summed E-state index contributed by atoms with van der Waals surface area (Å²) >= 11 is 0. The lowest BCUT2D eigenvalue weighted by Gasteiger charge is -2.27. The predicted octanol–water partition coefficient (Wildman–Crippen LogP) is 3.56. The maximum atomic E-state index is 13.0. The number of fused-ring (bicyclic) bond motifs is 1.